The molecule has 1 aliphatic rings. The number of esters is 1. The minimum Gasteiger partial charge on any atom is -0.492 e. The molecule has 0 amide bonds. The van der Waals surface area contributed by atoms with Crippen molar-refractivity contribution >= 4 is 17.5 Å². The van der Waals surface area contributed by atoms with Crippen molar-refractivity contribution in [1.29, 1.82) is 0 Å². The molecule has 1 aromatic carbocycles. The zero-order valence-electron chi connectivity index (χ0n) is 15.4. The second kappa shape index (κ2) is 8.56. The van der Waals surface area contributed by atoms with Crippen LogP contribution in [-0.2, 0) is 4.74 Å². The van der Waals surface area contributed by atoms with Gasteiger partial charge in [0, 0.05) is 32.4 Å². The summed E-state index contributed by atoms with van der Waals surface area (Å²) in [6, 6.07) is 11.8. The van der Waals surface area contributed by atoms with Crippen molar-refractivity contribution in [2.45, 2.75) is 13.8 Å². The Bertz CT molecular complexity index is 725. The van der Waals surface area contributed by atoms with Crippen LogP contribution in [-0.4, -0.2) is 50.3 Å². The lowest BCUT2D eigenvalue weighted by molar-refractivity contribution is 0.0526. The Kier molecular flexibility index (Phi) is 5.94. The number of aromatic nitrogens is 1. The van der Waals surface area contributed by atoms with E-state index in [1.807, 2.05) is 31.2 Å². The summed E-state index contributed by atoms with van der Waals surface area (Å²) in [5.74, 6) is 1.49. The van der Waals surface area contributed by atoms with Crippen molar-refractivity contribution in [2.75, 3.05) is 49.2 Å². The lowest BCUT2D eigenvalue weighted by Crippen LogP contribution is -2.47. The summed E-state index contributed by atoms with van der Waals surface area (Å²) in [5.41, 5.74) is 1.62. The zero-order chi connectivity index (χ0) is 18.4. The van der Waals surface area contributed by atoms with Crippen LogP contribution in [0.4, 0.5) is 11.5 Å². The number of carbonyl (C=O) groups is 1. The maximum atomic E-state index is 11.7. The number of ether oxygens (including phenoxy) is 2. The van der Waals surface area contributed by atoms with Gasteiger partial charge in [0.1, 0.15) is 11.6 Å². The van der Waals surface area contributed by atoms with Gasteiger partial charge in [0.15, 0.2) is 0 Å². The summed E-state index contributed by atoms with van der Waals surface area (Å²) < 4.78 is 10.7. The number of hydrogen-bond donors (Lipinski definition) is 0. The van der Waals surface area contributed by atoms with Crippen molar-refractivity contribution in [3.05, 3.63) is 48.2 Å². The van der Waals surface area contributed by atoms with Gasteiger partial charge in [0.25, 0.3) is 0 Å². The first kappa shape index (κ1) is 18.0. The molecule has 1 aromatic heterocycles. The fourth-order valence-electron chi connectivity index (χ4n) is 3.08. The Balaban J connectivity index is 1.63. The van der Waals surface area contributed by atoms with Gasteiger partial charge in [-0.05, 0) is 38.1 Å². The van der Waals surface area contributed by atoms with Crippen LogP contribution in [0, 0.1) is 0 Å². The minimum atomic E-state index is -0.330. The lowest BCUT2D eigenvalue weighted by Gasteiger charge is -2.37. The molecule has 2 heterocycles. The third-order valence-corrected chi connectivity index (χ3v) is 4.37. The Hall–Kier alpha value is -2.76. The molecule has 0 saturated carbocycles. The number of pyridine rings is 1. The van der Waals surface area contributed by atoms with Crippen LogP contribution in [0.3, 0.4) is 0 Å². The zero-order valence-corrected chi connectivity index (χ0v) is 15.4. The summed E-state index contributed by atoms with van der Waals surface area (Å²) in [5, 5.41) is 0. The van der Waals surface area contributed by atoms with Crippen molar-refractivity contribution in [1.82, 2.24) is 4.98 Å². The van der Waals surface area contributed by atoms with Crippen LogP contribution in [0.15, 0.2) is 42.6 Å². The second-order valence-corrected chi connectivity index (χ2v) is 6.00. The van der Waals surface area contributed by atoms with Crippen LogP contribution < -0.4 is 14.5 Å². The first-order valence-corrected chi connectivity index (χ1v) is 9.07. The predicted molar refractivity (Wildman–Crippen MR) is 102 cm³/mol. The Morgan fingerprint density at radius 1 is 1.00 bits per heavy atom. The maximum Gasteiger partial charge on any atom is 0.339 e. The van der Waals surface area contributed by atoms with Crippen molar-refractivity contribution in [3.63, 3.8) is 0 Å². The van der Waals surface area contributed by atoms with E-state index < -0.39 is 0 Å². The van der Waals surface area contributed by atoms with Crippen LogP contribution in [0.5, 0.6) is 5.75 Å². The Morgan fingerprint density at radius 2 is 1.73 bits per heavy atom. The largest absolute Gasteiger partial charge is 0.492 e. The van der Waals surface area contributed by atoms with E-state index in [2.05, 4.69) is 20.9 Å². The molecule has 1 saturated heterocycles. The molecule has 1 fully saturated rings. The predicted octanol–water partition coefficient (Wildman–Crippen LogP) is 2.98. The first-order chi connectivity index (χ1) is 12.7. The molecule has 138 valence electrons. The molecule has 0 atom stereocenters. The number of nitrogens with zero attached hydrogens (tertiary/aromatic N) is 3. The number of piperazine rings is 1. The molecule has 0 aliphatic carbocycles. The summed E-state index contributed by atoms with van der Waals surface area (Å²) in [4.78, 5) is 20.7. The summed E-state index contributed by atoms with van der Waals surface area (Å²) >= 11 is 0. The van der Waals surface area contributed by atoms with Gasteiger partial charge >= 0.3 is 5.97 Å². The molecule has 0 spiro atoms. The standard InChI is InChI=1S/C20H25N3O3/c1-3-25-18-8-6-5-7-17(18)22-11-13-23(14-12-22)19-10-9-16(15-21-19)20(24)26-4-2/h5-10,15H,3-4,11-14H2,1-2H3. The average Bonchev–Trinajstić information content (AvgIpc) is 2.69. The molecule has 2 aromatic rings. The number of carbonyl (C=O) groups excluding carboxylic acids is 1. The van der Waals surface area contributed by atoms with Crippen molar-refractivity contribution < 1.29 is 14.3 Å². The highest BCUT2D eigenvalue weighted by molar-refractivity contribution is 5.89. The smallest absolute Gasteiger partial charge is 0.339 e. The monoisotopic (exact) mass is 355 g/mol. The van der Waals surface area contributed by atoms with Gasteiger partial charge in [0.05, 0.1) is 24.5 Å². The van der Waals surface area contributed by atoms with E-state index in [0.29, 0.717) is 18.8 Å². The summed E-state index contributed by atoms with van der Waals surface area (Å²) in [6.45, 7) is 8.35. The second-order valence-electron chi connectivity index (χ2n) is 6.00. The lowest BCUT2D eigenvalue weighted by atomic mass is 10.2. The molecule has 26 heavy (non-hydrogen) atoms. The van der Waals surface area contributed by atoms with Crippen LogP contribution >= 0.6 is 0 Å². The molecule has 0 unspecified atom stereocenters. The van der Waals surface area contributed by atoms with E-state index in [-0.39, 0.29) is 5.97 Å². The van der Waals surface area contributed by atoms with E-state index in [4.69, 9.17) is 9.47 Å². The van der Waals surface area contributed by atoms with Gasteiger partial charge in [-0.3, -0.25) is 0 Å². The Morgan fingerprint density at radius 3 is 2.38 bits per heavy atom. The van der Waals surface area contributed by atoms with Crippen molar-refractivity contribution in [2.24, 2.45) is 0 Å². The SMILES string of the molecule is CCOC(=O)c1ccc(N2CCN(c3ccccc3OCC)CC2)nc1. The topological polar surface area (TPSA) is 54.9 Å². The third-order valence-electron chi connectivity index (χ3n) is 4.37. The number of anilines is 2. The highest BCUT2D eigenvalue weighted by atomic mass is 16.5. The van der Waals surface area contributed by atoms with E-state index in [1.165, 1.54) is 0 Å². The molecular weight excluding hydrogens is 330 g/mol. The van der Waals surface area contributed by atoms with Gasteiger partial charge < -0.3 is 19.3 Å². The molecule has 6 heteroatoms. The number of benzene rings is 1. The fourth-order valence-corrected chi connectivity index (χ4v) is 3.08. The number of rotatable bonds is 6. The molecule has 0 radical (unpaired) electrons. The van der Waals surface area contributed by atoms with Gasteiger partial charge in [-0.15, -0.1) is 0 Å². The quantitative estimate of drug-likeness (QED) is 0.743. The molecule has 6 nitrogen and oxygen atoms in total. The van der Waals surface area contributed by atoms with Crippen LogP contribution in [0.1, 0.15) is 24.2 Å². The van der Waals surface area contributed by atoms with E-state index in [9.17, 15) is 4.79 Å². The molecule has 1 aliphatic heterocycles. The molecule has 0 N–H and O–H groups in total. The van der Waals surface area contributed by atoms with E-state index in [1.54, 1.807) is 19.2 Å². The highest BCUT2D eigenvalue weighted by Gasteiger charge is 2.20. The van der Waals surface area contributed by atoms with Gasteiger partial charge in [0.2, 0.25) is 0 Å². The maximum absolute atomic E-state index is 11.7. The van der Waals surface area contributed by atoms with Crippen LogP contribution in [0.25, 0.3) is 0 Å². The van der Waals surface area contributed by atoms with Crippen LogP contribution in [0.2, 0.25) is 0 Å². The number of para-hydroxylation sites is 2. The minimum absolute atomic E-state index is 0.330. The van der Waals surface area contributed by atoms with E-state index >= 15 is 0 Å². The third kappa shape index (κ3) is 4.07. The molecular formula is C20H25N3O3. The summed E-state index contributed by atoms with van der Waals surface area (Å²) in [7, 11) is 0. The average molecular weight is 355 g/mol. The molecule has 3 rings (SSSR count). The van der Waals surface area contributed by atoms with Gasteiger partial charge in [-0.2, -0.15) is 0 Å². The van der Waals surface area contributed by atoms with E-state index in [0.717, 1.165) is 43.4 Å². The fraction of sp³-hybridized carbons (Fsp3) is 0.400. The normalized spacial score (nSPS) is 14.2. The first-order valence-electron chi connectivity index (χ1n) is 9.07. The molecule has 0 bridgehead atoms. The summed E-state index contributed by atoms with van der Waals surface area (Å²) in [6.07, 6.45) is 1.59. The number of hydrogen-bond acceptors (Lipinski definition) is 6. The highest BCUT2D eigenvalue weighted by Crippen LogP contribution is 2.29. The Labute approximate surface area is 154 Å². The van der Waals surface area contributed by atoms with Gasteiger partial charge in [-0.1, -0.05) is 12.1 Å². The van der Waals surface area contributed by atoms with Crippen molar-refractivity contribution in [3.8, 4) is 5.75 Å². The van der Waals surface area contributed by atoms with Gasteiger partial charge in [-0.25, -0.2) is 9.78 Å².